The van der Waals surface area contributed by atoms with Crippen LogP contribution >= 0.6 is 0 Å². The number of carbonyl (C=O) groups excluding carboxylic acids is 2. The molecule has 0 saturated carbocycles. The second-order valence-corrected chi connectivity index (χ2v) is 10.2. The van der Waals surface area contributed by atoms with Gasteiger partial charge in [-0.05, 0) is 35.3 Å². The van der Waals surface area contributed by atoms with E-state index in [1.54, 1.807) is 6.07 Å². The Balaban J connectivity index is 2.14. The summed E-state index contributed by atoms with van der Waals surface area (Å²) in [6, 6.07) is 3.57. The molecule has 0 fully saturated rings. The van der Waals surface area contributed by atoms with Gasteiger partial charge in [-0.3, -0.25) is 9.59 Å². The molecule has 1 amide bonds. The Labute approximate surface area is 193 Å². The number of aromatic nitrogens is 1. The Kier molecular flexibility index (Phi) is 6.54. The fourth-order valence-electron chi connectivity index (χ4n) is 3.85. The number of anilines is 1. The first-order valence-electron chi connectivity index (χ1n) is 11.0. The summed E-state index contributed by atoms with van der Waals surface area (Å²) in [6.07, 6.45) is 6.02. The van der Waals surface area contributed by atoms with E-state index in [4.69, 9.17) is 4.74 Å². The number of hydrogen-bond donors (Lipinski definition) is 2. The summed E-state index contributed by atoms with van der Waals surface area (Å²) >= 11 is 0. The van der Waals surface area contributed by atoms with Crippen LogP contribution in [-0.4, -0.2) is 24.2 Å². The van der Waals surface area contributed by atoms with Gasteiger partial charge in [0.2, 0.25) is 5.43 Å². The minimum absolute atomic E-state index is 0.0236. The average molecular weight is 453 g/mol. The van der Waals surface area contributed by atoms with Crippen molar-refractivity contribution in [1.29, 1.82) is 0 Å². The Hall–Kier alpha value is -3.35. The van der Waals surface area contributed by atoms with Gasteiger partial charge >= 0.3 is 6.16 Å². The Bertz CT molecular complexity index is 1270. The van der Waals surface area contributed by atoms with E-state index in [0.717, 1.165) is 29.3 Å². The highest BCUT2D eigenvalue weighted by molar-refractivity contribution is 6.04. The SMILES string of the molecule is COC(=O)Oc1cc(NC(=O)c2c[nH]c3c(c2=O)=CCCC=3)c(C(C)(C)C)cc1C(C)(C)C. The number of nitrogens with one attached hydrogen (secondary N) is 2. The molecule has 0 atom stereocenters. The van der Waals surface area contributed by atoms with Gasteiger partial charge in [0.15, 0.2) is 0 Å². The fourth-order valence-corrected chi connectivity index (χ4v) is 3.85. The summed E-state index contributed by atoms with van der Waals surface area (Å²) in [5.74, 6) is -0.240. The zero-order valence-electron chi connectivity index (χ0n) is 20.3. The number of aromatic amines is 1. The predicted octanol–water partition coefficient (Wildman–Crippen LogP) is 3.72. The highest BCUT2D eigenvalue weighted by atomic mass is 16.7. The molecule has 1 aromatic carbocycles. The van der Waals surface area contributed by atoms with Crippen LogP contribution in [0.2, 0.25) is 0 Å². The molecule has 1 heterocycles. The maximum atomic E-state index is 13.2. The number of rotatable bonds is 3. The first kappa shape index (κ1) is 24.3. The zero-order valence-corrected chi connectivity index (χ0v) is 20.3. The number of H-pyrrole nitrogens is 1. The van der Waals surface area contributed by atoms with Crippen LogP contribution in [0.1, 0.15) is 75.9 Å². The summed E-state index contributed by atoms with van der Waals surface area (Å²) in [5.41, 5.74) is 1.15. The zero-order chi connectivity index (χ0) is 24.6. The number of pyridine rings is 1. The summed E-state index contributed by atoms with van der Waals surface area (Å²) in [6.45, 7) is 12.1. The van der Waals surface area contributed by atoms with Gasteiger partial charge in [0.1, 0.15) is 11.3 Å². The Morgan fingerprint density at radius 1 is 0.970 bits per heavy atom. The van der Waals surface area contributed by atoms with E-state index in [-0.39, 0.29) is 21.8 Å². The van der Waals surface area contributed by atoms with E-state index in [1.165, 1.54) is 13.3 Å². The third-order valence-electron chi connectivity index (χ3n) is 5.60. The molecule has 33 heavy (non-hydrogen) atoms. The lowest BCUT2D eigenvalue weighted by atomic mass is 9.79. The van der Waals surface area contributed by atoms with E-state index >= 15 is 0 Å². The van der Waals surface area contributed by atoms with Gasteiger partial charge in [-0.1, -0.05) is 53.7 Å². The van der Waals surface area contributed by atoms with E-state index in [0.29, 0.717) is 16.7 Å². The number of ether oxygens (including phenoxy) is 2. The van der Waals surface area contributed by atoms with Gasteiger partial charge in [-0.15, -0.1) is 0 Å². The quantitative estimate of drug-likeness (QED) is 0.546. The lowest BCUT2D eigenvalue weighted by Gasteiger charge is -2.29. The predicted molar refractivity (Wildman–Crippen MR) is 129 cm³/mol. The van der Waals surface area contributed by atoms with Crippen molar-refractivity contribution in [3.63, 3.8) is 0 Å². The molecule has 2 aromatic rings. The molecule has 1 aliphatic rings. The number of fused-ring (bicyclic) bond motifs is 1. The van der Waals surface area contributed by atoms with Crippen molar-refractivity contribution in [2.75, 3.05) is 12.4 Å². The van der Waals surface area contributed by atoms with Gasteiger partial charge in [-0.2, -0.15) is 0 Å². The van der Waals surface area contributed by atoms with Crippen molar-refractivity contribution in [1.82, 2.24) is 4.98 Å². The van der Waals surface area contributed by atoms with Crippen molar-refractivity contribution in [3.05, 3.63) is 55.8 Å². The third-order valence-corrected chi connectivity index (χ3v) is 5.60. The summed E-state index contributed by atoms with van der Waals surface area (Å²) in [5, 5.41) is 4.13. The standard InChI is InChI=1S/C26H32N2O5/c1-25(2,3)17-12-18(26(4,5)6)21(33-24(31)32-7)13-20(17)28-23(30)16-14-27-19-11-9-8-10-15(19)22(16)29/h10-14,27H,8-9H2,1-7H3,(H,28,30). The molecular formula is C26H32N2O5. The molecule has 0 bridgehead atoms. The maximum absolute atomic E-state index is 13.2. The van der Waals surface area contributed by atoms with Crippen LogP contribution < -0.4 is 26.1 Å². The molecule has 0 spiro atoms. The van der Waals surface area contributed by atoms with Crippen LogP contribution in [-0.2, 0) is 15.6 Å². The van der Waals surface area contributed by atoms with Crippen LogP contribution in [0.5, 0.6) is 5.75 Å². The molecular weight excluding hydrogens is 420 g/mol. The second-order valence-electron chi connectivity index (χ2n) is 10.2. The normalized spacial score (nSPS) is 13.3. The molecule has 7 heteroatoms. The fraction of sp³-hybridized carbons (Fsp3) is 0.423. The van der Waals surface area contributed by atoms with Gasteiger partial charge in [-0.25, -0.2) is 4.79 Å². The van der Waals surface area contributed by atoms with E-state index in [1.807, 2.05) is 59.8 Å². The van der Waals surface area contributed by atoms with Crippen molar-refractivity contribution >= 4 is 29.9 Å². The first-order valence-corrected chi connectivity index (χ1v) is 11.0. The molecule has 0 unspecified atom stereocenters. The Morgan fingerprint density at radius 3 is 2.21 bits per heavy atom. The highest BCUT2D eigenvalue weighted by Gasteiger charge is 2.28. The minimum atomic E-state index is -0.848. The molecule has 3 rings (SSSR count). The van der Waals surface area contributed by atoms with Crippen LogP contribution in [0.4, 0.5) is 10.5 Å². The van der Waals surface area contributed by atoms with Gasteiger partial charge < -0.3 is 19.8 Å². The first-order chi connectivity index (χ1) is 15.3. The van der Waals surface area contributed by atoms with Crippen LogP contribution in [0.25, 0.3) is 12.2 Å². The number of benzene rings is 1. The lowest BCUT2D eigenvalue weighted by Crippen LogP contribution is -2.45. The largest absolute Gasteiger partial charge is 0.513 e. The van der Waals surface area contributed by atoms with Crippen molar-refractivity contribution in [2.24, 2.45) is 0 Å². The number of amides is 1. The number of methoxy groups -OCH3 is 1. The topological polar surface area (TPSA) is 97.5 Å². The average Bonchev–Trinajstić information content (AvgIpc) is 2.72. The monoisotopic (exact) mass is 452 g/mol. The minimum Gasteiger partial charge on any atom is -0.437 e. The number of hydrogen-bond acceptors (Lipinski definition) is 5. The van der Waals surface area contributed by atoms with Crippen LogP contribution in [0.3, 0.4) is 0 Å². The van der Waals surface area contributed by atoms with Crippen molar-refractivity contribution in [2.45, 2.75) is 65.2 Å². The summed E-state index contributed by atoms with van der Waals surface area (Å²) < 4.78 is 10.1. The second kappa shape index (κ2) is 8.89. The van der Waals surface area contributed by atoms with Gasteiger partial charge in [0, 0.05) is 34.1 Å². The third kappa shape index (κ3) is 5.18. The summed E-state index contributed by atoms with van der Waals surface area (Å²) in [7, 11) is 1.24. The van der Waals surface area contributed by atoms with Gasteiger partial charge in [0.05, 0.1) is 7.11 Å². The van der Waals surface area contributed by atoms with Crippen LogP contribution in [0.15, 0.2) is 23.1 Å². The van der Waals surface area contributed by atoms with E-state index in [9.17, 15) is 14.4 Å². The molecule has 0 radical (unpaired) electrons. The number of carbonyl (C=O) groups is 2. The molecule has 0 saturated heterocycles. The van der Waals surface area contributed by atoms with E-state index < -0.39 is 12.1 Å². The maximum Gasteiger partial charge on any atom is 0.513 e. The molecule has 176 valence electrons. The molecule has 1 aromatic heterocycles. The molecule has 0 aliphatic heterocycles. The highest BCUT2D eigenvalue weighted by Crippen LogP contribution is 2.40. The Morgan fingerprint density at radius 2 is 1.61 bits per heavy atom. The molecule has 7 nitrogen and oxygen atoms in total. The van der Waals surface area contributed by atoms with Gasteiger partial charge in [0.25, 0.3) is 5.91 Å². The van der Waals surface area contributed by atoms with Crippen molar-refractivity contribution < 1.29 is 19.1 Å². The molecule has 2 N–H and O–H groups in total. The molecule has 1 aliphatic carbocycles. The van der Waals surface area contributed by atoms with Crippen LogP contribution in [0, 0.1) is 0 Å². The van der Waals surface area contributed by atoms with Crippen molar-refractivity contribution in [3.8, 4) is 5.75 Å². The summed E-state index contributed by atoms with van der Waals surface area (Å²) in [4.78, 5) is 41.1. The lowest BCUT2D eigenvalue weighted by molar-refractivity contribution is 0.102. The van der Waals surface area contributed by atoms with E-state index in [2.05, 4.69) is 15.0 Å². The smallest absolute Gasteiger partial charge is 0.437 e.